The van der Waals surface area contributed by atoms with Crippen molar-refractivity contribution in [3.05, 3.63) is 47.5 Å². The van der Waals surface area contributed by atoms with Gasteiger partial charge in [0.05, 0.1) is 24.2 Å². The van der Waals surface area contributed by atoms with E-state index in [4.69, 9.17) is 22.1 Å². The molecule has 0 unspecified atom stereocenters. The van der Waals surface area contributed by atoms with Crippen LogP contribution in [0, 0.1) is 0 Å². The maximum Gasteiger partial charge on any atom is 0.142 e. The van der Waals surface area contributed by atoms with E-state index in [1.807, 2.05) is 36.4 Å². The lowest BCUT2D eigenvalue weighted by Crippen LogP contribution is -2.46. The maximum absolute atomic E-state index is 6.08. The van der Waals surface area contributed by atoms with Crippen molar-refractivity contribution in [1.82, 2.24) is 0 Å². The SMILES string of the molecule is COc1ccccc1N1CCN(c2ccc(Cl)cc2N)CC1. The minimum atomic E-state index is 0.675. The topological polar surface area (TPSA) is 41.7 Å². The zero-order valence-corrected chi connectivity index (χ0v) is 13.4. The second kappa shape index (κ2) is 6.36. The number of anilines is 3. The van der Waals surface area contributed by atoms with Crippen molar-refractivity contribution in [3.63, 3.8) is 0 Å². The van der Waals surface area contributed by atoms with Gasteiger partial charge >= 0.3 is 0 Å². The van der Waals surface area contributed by atoms with Gasteiger partial charge in [0.25, 0.3) is 0 Å². The van der Waals surface area contributed by atoms with Gasteiger partial charge in [-0.1, -0.05) is 23.7 Å². The van der Waals surface area contributed by atoms with Crippen molar-refractivity contribution in [1.29, 1.82) is 0 Å². The molecule has 0 bridgehead atoms. The van der Waals surface area contributed by atoms with Crippen LogP contribution in [0.3, 0.4) is 0 Å². The Balaban J connectivity index is 1.72. The summed E-state index contributed by atoms with van der Waals surface area (Å²) in [6.45, 7) is 3.71. The van der Waals surface area contributed by atoms with Gasteiger partial charge in [0.1, 0.15) is 5.75 Å². The third-order valence-corrected chi connectivity index (χ3v) is 4.27. The van der Waals surface area contributed by atoms with Crippen molar-refractivity contribution in [2.45, 2.75) is 0 Å². The number of hydrogen-bond donors (Lipinski definition) is 1. The van der Waals surface area contributed by atoms with E-state index in [0.717, 1.165) is 49.0 Å². The third-order valence-electron chi connectivity index (χ3n) is 4.04. The second-order valence-corrected chi connectivity index (χ2v) is 5.79. The Morgan fingerprint density at radius 1 is 0.955 bits per heavy atom. The van der Waals surface area contributed by atoms with Gasteiger partial charge in [0.15, 0.2) is 0 Å². The Bertz CT molecular complexity index is 654. The van der Waals surface area contributed by atoms with Crippen LogP contribution in [-0.4, -0.2) is 33.3 Å². The molecule has 4 nitrogen and oxygen atoms in total. The number of para-hydroxylation sites is 2. The Kier molecular flexibility index (Phi) is 4.29. The zero-order valence-electron chi connectivity index (χ0n) is 12.6. The van der Waals surface area contributed by atoms with Gasteiger partial charge in [-0.3, -0.25) is 0 Å². The number of benzene rings is 2. The minimum Gasteiger partial charge on any atom is -0.495 e. The largest absolute Gasteiger partial charge is 0.495 e. The number of nitrogens with two attached hydrogens (primary N) is 1. The molecule has 1 aliphatic heterocycles. The van der Waals surface area contributed by atoms with E-state index < -0.39 is 0 Å². The van der Waals surface area contributed by atoms with Gasteiger partial charge in [-0.15, -0.1) is 0 Å². The number of nitrogens with zero attached hydrogens (tertiary/aromatic N) is 2. The molecule has 0 amide bonds. The first-order valence-electron chi connectivity index (χ1n) is 7.37. The second-order valence-electron chi connectivity index (χ2n) is 5.35. The van der Waals surface area contributed by atoms with Crippen LogP contribution < -0.4 is 20.3 Å². The van der Waals surface area contributed by atoms with Gasteiger partial charge in [-0.05, 0) is 30.3 Å². The number of halogens is 1. The van der Waals surface area contributed by atoms with Gasteiger partial charge < -0.3 is 20.3 Å². The van der Waals surface area contributed by atoms with E-state index in [2.05, 4.69) is 15.9 Å². The van der Waals surface area contributed by atoms with Crippen LogP contribution in [0.5, 0.6) is 5.75 Å². The predicted molar refractivity (Wildman–Crippen MR) is 93.3 cm³/mol. The Morgan fingerprint density at radius 3 is 2.23 bits per heavy atom. The van der Waals surface area contributed by atoms with Crippen LogP contribution in [-0.2, 0) is 0 Å². The van der Waals surface area contributed by atoms with Crippen molar-refractivity contribution >= 4 is 28.7 Å². The molecule has 116 valence electrons. The van der Waals surface area contributed by atoms with Crippen molar-refractivity contribution < 1.29 is 4.74 Å². The number of rotatable bonds is 3. The van der Waals surface area contributed by atoms with E-state index in [0.29, 0.717) is 5.02 Å². The first-order valence-corrected chi connectivity index (χ1v) is 7.75. The van der Waals surface area contributed by atoms with Crippen molar-refractivity contribution in [3.8, 4) is 5.75 Å². The Hall–Kier alpha value is -2.07. The summed E-state index contributed by atoms with van der Waals surface area (Å²) in [6, 6.07) is 13.8. The molecule has 5 heteroatoms. The summed E-state index contributed by atoms with van der Waals surface area (Å²) in [5.74, 6) is 0.918. The van der Waals surface area contributed by atoms with Gasteiger partial charge in [0.2, 0.25) is 0 Å². The first kappa shape index (κ1) is 14.9. The van der Waals surface area contributed by atoms with Gasteiger partial charge in [0, 0.05) is 31.2 Å². The molecule has 0 aromatic heterocycles. The summed E-state index contributed by atoms with van der Waals surface area (Å²) >= 11 is 5.97. The molecule has 3 rings (SSSR count). The summed E-state index contributed by atoms with van der Waals surface area (Å²) in [4.78, 5) is 4.65. The summed E-state index contributed by atoms with van der Waals surface area (Å²) in [6.07, 6.45) is 0. The molecule has 2 aromatic rings. The minimum absolute atomic E-state index is 0.675. The number of nitrogen functional groups attached to an aromatic ring is 1. The third kappa shape index (κ3) is 2.92. The highest BCUT2D eigenvalue weighted by Gasteiger charge is 2.20. The molecule has 1 heterocycles. The van der Waals surface area contributed by atoms with Crippen LogP contribution in [0.15, 0.2) is 42.5 Å². The molecule has 0 saturated carbocycles. The summed E-state index contributed by atoms with van der Waals surface area (Å²) < 4.78 is 5.45. The fourth-order valence-electron chi connectivity index (χ4n) is 2.89. The monoisotopic (exact) mass is 317 g/mol. The number of hydrogen-bond acceptors (Lipinski definition) is 4. The van der Waals surface area contributed by atoms with Crippen LogP contribution in [0.1, 0.15) is 0 Å². The zero-order chi connectivity index (χ0) is 15.5. The van der Waals surface area contributed by atoms with Crippen LogP contribution in [0.4, 0.5) is 17.1 Å². The number of ether oxygens (including phenoxy) is 1. The Morgan fingerprint density at radius 2 is 1.59 bits per heavy atom. The normalized spacial score (nSPS) is 15.0. The van der Waals surface area contributed by atoms with Gasteiger partial charge in [-0.25, -0.2) is 0 Å². The van der Waals surface area contributed by atoms with E-state index >= 15 is 0 Å². The number of methoxy groups -OCH3 is 1. The molecule has 1 fully saturated rings. The maximum atomic E-state index is 6.08. The molecular formula is C17H20ClN3O. The quantitative estimate of drug-likeness (QED) is 0.882. The van der Waals surface area contributed by atoms with Crippen molar-refractivity contribution in [2.24, 2.45) is 0 Å². The molecule has 0 spiro atoms. The van der Waals surface area contributed by atoms with Crippen LogP contribution in [0.2, 0.25) is 5.02 Å². The summed E-state index contributed by atoms with van der Waals surface area (Å²) in [5, 5.41) is 0.675. The van der Waals surface area contributed by atoms with Crippen molar-refractivity contribution in [2.75, 3.05) is 48.8 Å². The fourth-order valence-corrected chi connectivity index (χ4v) is 3.07. The summed E-state index contributed by atoms with van der Waals surface area (Å²) in [5.41, 5.74) is 9.02. The van der Waals surface area contributed by atoms with E-state index in [-0.39, 0.29) is 0 Å². The molecule has 2 N–H and O–H groups in total. The molecule has 0 atom stereocenters. The van der Waals surface area contributed by atoms with Gasteiger partial charge in [-0.2, -0.15) is 0 Å². The fraction of sp³-hybridized carbons (Fsp3) is 0.294. The highest BCUT2D eigenvalue weighted by Crippen LogP contribution is 2.31. The van der Waals surface area contributed by atoms with Crippen LogP contribution in [0.25, 0.3) is 0 Å². The standard InChI is InChI=1S/C17H20ClN3O/c1-22-17-5-3-2-4-16(17)21-10-8-20(9-11-21)15-7-6-13(18)12-14(15)19/h2-7,12H,8-11,19H2,1H3. The molecule has 1 aliphatic rings. The molecular weight excluding hydrogens is 298 g/mol. The molecule has 22 heavy (non-hydrogen) atoms. The van der Waals surface area contributed by atoms with E-state index in [1.54, 1.807) is 7.11 Å². The first-order chi connectivity index (χ1) is 10.7. The van der Waals surface area contributed by atoms with Crippen LogP contribution >= 0.6 is 11.6 Å². The lowest BCUT2D eigenvalue weighted by atomic mass is 10.2. The molecule has 0 radical (unpaired) electrons. The van der Waals surface area contributed by atoms with E-state index in [1.165, 1.54) is 0 Å². The lowest BCUT2D eigenvalue weighted by molar-refractivity contribution is 0.413. The van der Waals surface area contributed by atoms with E-state index in [9.17, 15) is 0 Å². The summed E-state index contributed by atoms with van der Waals surface area (Å²) in [7, 11) is 1.71. The average molecular weight is 318 g/mol. The molecule has 0 aliphatic carbocycles. The number of piperazine rings is 1. The lowest BCUT2D eigenvalue weighted by Gasteiger charge is -2.38. The average Bonchev–Trinajstić information content (AvgIpc) is 2.55. The predicted octanol–water partition coefficient (Wildman–Crippen LogP) is 3.26. The molecule has 1 saturated heterocycles. The molecule has 2 aromatic carbocycles. The Labute approximate surface area is 136 Å². The smallest absolute Gasteiger partial charge is 0.142 e. The highest BCUT2D eigenvalue weighted by molar-refractivity contribution is 6.31. The highest BCUT2D eigenvalue weighted by atomic mass is 35.5.